The third-order valence-electron chi connectivity index (χ3n) is 1.75. The second-order valence-electron chi connectivity index (χ2n) is 3.11. The van der Waals surface area contributed by atoms with E-state index in [4.69, 9.17) is 5.11 Å². The molecule has 0 spiro atoms. The topological polar surface area (TPSA) is 79.3 Å². The van der Waals surface area contributed by atoms with Gasteiger partial charge in [0, 0.05) is 12.4 Å². The van der Waals surface area contributed by atoms with E-state index in [9.17, 15) is 9.59 Å². The number of carboxylic acid groups (broad SMARTS) is 1. The van der Waals surface area contributed by atoms with Gasteiger partial charge in [0.15, 0.2) is 0 Å². The van der Waals surface area contributed by atoms with Crippen molar-refractivity contribution in [2.45, 2.75) is 0 Å². The van der Waals surface area contributed by atoms with Crippen LogP contribution in [0.15, 0.2) is 47.4 Å². The van der Waals surface area contributed by atoms with Crippen molar-refractivity contribution in [3.63, 3.8) is 0 Å². The molecule has 0 bridgehead atoms. The van der Waals surface area contributed by atoms with Crippen LogP contribution in [0.5, 0.6) is 0 Å². The van der Waals surface area contributed by atoms with Crippen molar-refractivity contribution in [1.29, 1.82) is 0 Å². The Morgan fingerprint density at radius 2 is 2.00 bits per heavy atom. The van der Waals surface area contributed by atoms with Crippen LogP contribution in [0.25, 0.3) is 0 Å². The van der Waals surface area contributed by atoms with Crippen molar-refractivity contribution >= 4 is 23.2 Å². The van der Waals surface area contributed by atoms with Crippen molar-refractivity contribution in [3.8, 4) is 0 Å². The third-order valence-corrected chi connectivity index (χ3v) is 2.38. The van der Waals surface area contributed by atoms with Gasteiger partial charge in [-0.3, -0.25) is 14.6 Å². The molecule has 5 nitrogen and oxygen atoms in total. The average molecular weight is 264 g/mol. The number of nitrogens with one attached hydrogen (secondary N) is 1. The molecule has 2 heterocycles. The molecule has 0 atom stereocenters. The molecule has 18 heavy (non-hydrogen) atoms. The molecule has 0 unspecified atom stereocenters. The van der Waals surface area contributed by atoms with Gasteiger partial charge in [-0.25, -0.2) is 0 Å². The number of pyridine rings is 1. The van der Waals surface area contributed by atoms with Gasteiger partial charge in [0.05, 0.1) is 5.56 Å². The number of aliphatic carboxylic acids is 1. The Hall–Kier alpha value is -2.21. The summed E-state index contributed by atoms with van der Waals surface area (Å²) >= 11 is 1.71. The number of rotatable bonds is 3. The number of amides is 1. The predicted octanol–water partition coefficient (Wildman–Crippen LogP) is 1.64. The van der Waals surface area contributed by atoms with E-state index in [0.717, 1.165) is 0 Å². The van der Waals surface area contributed by atoms with Gasteiger partial charge in [0.25, 0.3) is 5.91 Å². The maximum Gasteiger partial charge on any atom is 0.322 e. The Kier molecular flexibility index (Phi) is 6.13. The van der Waals surface area contributed by atoms with Crippen LogP contribution in [-0.2, 0) is 4.79 Å². The third kappa shape index (κ3) is 5.76. The fraction of sp³-hybridized carbons (Fsp3) is 0.0833. The Bertz CT molecular complexity index is 454. The lowest BCUT2D eigenvalue weighted by atomic mass is 10.3. The Labute approximate surface area is 108 Å². The standard InChI is InChI=1S/C8H8N2O3.C4H4S/c11-7(12)5-10-8(13)6-2-1-3-9-4-6;1-2-4-5-3-1/h1-4H,5H2,(H,10,13)(H,11,12);1-4H. The largest absolute Gasteiger partial charge is 0.480 e. The first-order valence-electron chi connectivity index (χ1n) is 5.07. The van der Waals surface area contributed by atoms with E-state index >= 15 is 0 Å². The Morgan fingerprint density at radius 3 is 2.44 bits per heavy atom. The highest BCUT2D eigenvalue weighted by molar-refractivity contribution is 7.07. The molecule has 2 rings (SSSR count). The maximum atomic E-state index is 11.1. The summed E-state index contributed by atoms with van der Waals surface area (Å²) in [7, 11) is 0. The molecule has 0 fully saturated rings. The van der Waals surface area contributed by atoms with Crippen LogP contribution in [0.3, 0.4) is 0 Å². The summed E-state index contributed by atoms with van der Waals surface area (Å²) in [6.45, 7) is -0.381. The number of nitrogens with zero attached hydrogens (tertiary/aromatic N) is 1. The van der Waals surface area contributed by atoms with Gasteiger partial charge in [-0.05, 0) is 22.9 Å². The minimum atomic E-state index is -1.07. The van der Waals surface area contributed by atoms with Crippen LogP contribution in [-0.4, -0.2) is 28.5 Å². The van der Waals surface area contributed by atoms with E-state index < -0.39 is 11.9 Å². The highest BCUT2D eigenvalue weighted by Crippen LogP contribution is 1.94. The predicted molar refractivity (Wildman–Crippen MR) is 68.5 cm³/mol. The molecule has 0 aliphatic rings. The number of aromatic nitrogens is 1. The zero-order valence-corrected chi connectivity index (χ0v) is 10.3. The monoisotopic (exact) mass is 264 g/mol. The molecule has 94 valence electrons. The van der Waals surface area contributed by atoms with Gasteiger partial charge in [-0.2, -0.15) is 11.3 Å². The summed E-state index contributed by atoms with van der Waals surface area (Å²) in [6, 6.07) is 7.20. The van der Waals surface area contributed by atoms with E-state index in [1.165, 1.54) is 12.4 Å². The van der Waals surface area contributed by atoms with Gasteiger partial charge >= 0.3 is 5.97 Å². The Balaban J connectivity index is 0.000000269. The summed E-state index contributed by atoms with van der Waals surface area (Å²) in [6.07, 6.45) is 2.91. The van der Waals surface area contributed by atoms with Gasteiger partial charge < -0.3 is 10.4 Å². The summed E-state index contributed by atoms with van der Waals surface area (Å²) in [5, 5.41) is 14.6. The molecule has 0 saturated heterocycles. The highest BCUT2D eigenvalue weighted by Gasteiger charge is 2.05. The average Bonchev–Trinajstić information content (AvgIpc) is 2.96. The molecule has 6 heteroatoms. The first-order chi connectivity index (χ1) is 8.70. The van der Waals surface area contributed by atoms with E-state index in [2.05, 4.69) is 10.3 Å². The molecule has 2 aromatic heterocycles. The molecule has 0 aromatic carbocycles. The van der Waals surface area contributed by atoms with Crippen LogP contribution in [0.2, 0.25) is 0 Å². The lowest BCUT2D eigenvalue weighted by Crippen LogP contribution is -2.29. The summed E-state index contributed by atoms with van der Waals surface area (Å²) in [4.78, 5) is 25.0. The number of hydrogen-bond donors (Lipinski definition) is 2. The van der Waals surface area contributed by atoms with Crippen LogP contribution < -0.4 is 5.32 Å². The van der Waals surface area contributed by atoms with E-state index in [0.29, 0.717) is 5.56 Å². The van der Waals surface area contributed by atoms with Crippen molar-refractivity contribution in [3.05, 3.63) is 53.0 Å². The van der Waals surface area contributed by atoms with Crippen LogP contribution in [0.4, 0.5) is 0 Å². The maximum absolute atomic E-state index is 11.1. The first-order valence-corrected chi connectivity index (χ1v) is 6.01. The number of carbonyl (C=O) groups excluding carboxylic acids is 1. The van der Waals surface area contributed by atoms with E-state index in [-0.39, 0.29) is 6.54 Å². The van der Waals surface area contributed by atoms with Crippen LogP contribution in [0.1, 0.15) is 10.4 Å². The second kappa shape index (κ2) is 7.97. The molecular formula is C12H12N2O3S. The van der Waals surface area contributed by atoms with Gasteiger partial charge in [-0.1, -0.05) is 12.1 Å². The fourth-order valence-electron chi connectivity index (χ4n) is 0.982. The molecule has 0 aliphatic carbocycles. The van der Waals surface area contributed by atoms with Crippen molar-refractivity contribution in [1.82, 2.24) is 10.3 Å². The molecule has 1 amide bonds. The van der Waals surface area contributed by atoms with E-state index in [1.54, 1.807) is 23.5 Å². The SMILES string of the molecule is O=C(O)CNC(=O)c1cccnc1.c1ccsc1. The molecule has 0 radical (unpaired) electrons. The van der Waals surface area contributed by atoms with Crippen molar-refractivity contribution in [2.75, 3.05) is 6.54 Å². The summed E-state index contributed by atoms with van der Waals surface area (Å²) in [5.74, 6) is -1.51. The Morgan fingerprint density at radius 1 is 1.28 bits per heavy atom. The first kappa shape index (κ1) is 13.9. The zero-order chi connectivity index (χ0) is 13.2. The summed E-state index contributed by atoms with van der Waals surface area (Å²) in [5.41, 5.74) is 0.351. The molecule has 2 aromatic rings. The van der Waals surface area contributed by atoms with E-state index in [1.807, 2.05) is 22.9 Å². The normalized spacial score (nSPS) is 8.89. The van der Waals surface area contributed by atoms with Gasteiger partial charge in [-0.15, -0.1) is 0 Å². The quantitative estimate of drug-likeness (QED) is 0.883. The number of carbonyl (C=O) groups is 2. The number of carboxylic acids is 1. The van der Waals surface area contributed by atoms with Crippen LogP contribution >= 0.6 is 11.3 Å². The van der Waals surface area contributed by atoms with Crippen molar-refractivity contribution < 1.29 is 14.7 Å². The smallest absolute Gasteiger partial charge is 0.322 e. The van der Waals surface area contributed by atoms with Gasteiger partial charge in [0.1, 0.15) is 6.54 Å². The zero-order valence-electron chi connectivity index (χ0n) is 9.45. The molecule has 0 saturated carbocycles. The summed E-state index contributed by atoms with van der Waals surface area (Å²) < 4.78 is 0. The molecular weight excluding hydrogens is 252 g/mol. The van der Waals surface area contributed by atoms with Crippen molar-refractivity contribution in [2.24, 2.45) is 0 Å². The number of thiophene rings is 1. The second-order valence-corrected chi connectivity index (χ2v) is 3.93. The highest BCUT2D eigenvalue weighted by atomic mass is 32.1. The lowest BCUT2D eigenvalue weighted by molar-refractivity contribution is -0.135. The number of hydrogen-bond acceptors (Lipinski definition) is 4. The van der Waals surface area contributed by atoms with Crippen LogP contribution in [0, 0.1) is 0 Å². The minimum absolute atomic E-state index is 0.351. The lowest BCUT2D eigenvalue weighted by Gasteiger charge is -2.00. The minimum Gasteiger partial charge on any atom is -0.480 e. The molecule has 0 aliphatic heterocycles. The molecule has 2 N–H and O–H groups in total. The van der Waals surface area contributed by atoms with Gasteiger partial charge in [0.2, 0.25) is 0 Å². The fourth-order valence-corrected chi connectivity index (χ4v) is 1.44.